The van der Waals surface area contributed by atoms with Gasteiger partial charge in [0.15, 0.2) is 0 Å². The van der Waals surface area contributed by atoms with E-state index >= 15 is 0 Å². The molecule has 17 heavy (non-hydrogen) atoms. The highest BCUT2D eigenvalue weighted by atomic mass is 127. The molecule has 2 rings (SSSR count). The number of aryl methyl sites for hydroxylation is 1. The predicted octanol–water partition coefficient (Wildman–Crippen LogP) is 1.21. The number of carbonyl (C=O) groups is 1. The van der Waals surface area contributed by atoms with E-state index in [0.717, 1.165) is 14.8 Å². The summed E-state index contributed by atoms with van der Waals surface area (Å²) in [5, 5.41) is 12.0. The van der Waals surface area contributed by atoms with Gasteiger partial charge in [0.25, 0.3) is 0 Å². The summed E-state index contributed by atoms with van der Waals surface area (Å²) < 4.78 is 1.16. The molecule has 0 bridgehead atoms. The summed E-state index contributed by atoms with van der Waals surface area (Å²) in [4.78, 5) is 13.6. The molecule has 0 saturated carbocycles. The van der Waals surface area contributed by atoms with E-state index in [0.29, 0.717) is 19.6 Å². The Kier molecular flexibility index (Phi) is 4.01. The summed E-state index contributed by atoms with van der Waals surface area (Å²) in [7, 11) is 0. The van der Waals surface area contributed by atoms with Crippen LogP contribution >= 0.6 is 22.6 Å². The van der Waals surface area contributed by atoms with Crippen molar-refractivity contribution in [1.82, 2.24) is 4.90 Å². The Labute approximate surface area is 114 Å². The van der Waals surface area contributed by atoms with E-state index in [9.17, 15) is 4.79 Å². The largest absolute Gasteiger partial charge is 0.390 e. The van der Waals surface area contributed by atoms with Gasteiger partial charge in [0.1, 0.15) is 0 Å². The van der Waals surface area contributed by atoms with Gasteiger partial charge in [-0.05, 0) is 53.3 Å². The molecule has 0 aromatic heterocycles. The average Bonchev–Trinajstić information content (AvgIpc) is 2.20. The number of hydrogen-bond donors (Lipinski definition) is 2. The summed E-state index contributed by atoms with van der Waals surface area (Å²) in [6.07, 6.45) is -0.261. The van der Waals surface area contributed by atoms with E-state index in [1.165, 1.54) is 0 Å². The van der Waals surface area contributed by atoms with E-state index in [4.69, 9.17) is 5.11 Å². The van der Waals surface area contributed by atoms with Crippen LogP contribution in [0.3, 0.4) is 0 Å². The predicted molar refractivity (Wildman–Crippen MR) is 75.0 cm³/mol. The second kappa shape index (κ2) is 5.32. The number of aliphatic hydroxyl groups is 1. The highest BCUT2D eigenvalue weighted by Crippen LogP contribution is 2.17. The number of hydrogen-bond acceptors (Lipinski definition) is 3. The summed E-state index contributed by atoms with van der Waals surface area (Å²) in [5.41, 5.74) is 1.92. The van der Waals surface area contributed by atoms with Gasteiger partial charge in [-0.3, -0.25) is 9.69 Å². The van der Waals surface area contributed by atoms with Gasteiger partial charge in [-0.2, -0.15) is 0 Å². The SMILES string of the molecule is Cc1cc(I)ccc1NC(=O)CN1CC(O)C1. The highest BCUT2D eigenvalue weighted by molar-refractivity contribution is 14.1. The minimum absolute atomic E-state index is 0.0267. The van der Waals surface area contributed by atoms with E-state index in [1.54, 1.807) is 0 Å². The zero-order chi connectivity index (χ0) is 12.4. The summed E-state index contributed by atoms with van der Waals surface area (Å²) >= 11 is 2.24. The molecule has 0 spiro atoms. The number of carbonyl (C=O) groups excluding carboxylic acids is 1. The van der Waals surface area contributed by atoms with Crippen LogP contribution in [0.5, 0.6) is 0 Å². The van der Waals surface area contributed by atoms with Crippen LogP contribution in [0.25, 0.3) is 0 Å². The molecule has 1 aliphatic heterocycles. The first-order valence-electron chi connectivity index (χ1n) is 5.51. The Morgan fingerprint density at radius 3 is 2.88 bits per heavy atom. The molecule has 1 saturated heterocycles. The maximum Gasteiger partial charge on any atom is 0.238 e. The first kappa shape index (κ1) is 12.8. The van der Waals surface area contributed by atoms with Crippen molar-refractivity contribution in [2.24, 2.45) is 0 Å². The van der Waals surface area contributed by atoms with Crippen LogP contribution in [0.15, 0.2) is 18.2 Å². The molecule has 0 unspecified atom stereocenters. The summed E-state index contributed by atoms with van der Waals surface area (Å²) in [5.74, 6) is -0.0267. The van der Waals surface area contributed by atoms with Crippen LogP contribution in [0.4, 0.5) is 5.69 Å². The molecular formula is C12H15IN2O2. The van der Waals surface area contributed by atoms with Crippen molar-refractivity contribution >= 4 is 34.2 Å². The maximum absolute atomic E-state index is 11.7. The number of nitrogens with zero attached hydrogens (tertiary/aromatic N) is 1. The van der Waals surface area contributed by atoms with Crippen molar-refractivity contribution in [3.63, 3.8) is 0 Å². The van der Waals surface area contributed by atoms with Crippen LogP contribution < -0.4 is 5.32 Å². The fourth-order valence-corrected chi connectivity index (χ4v) is 2.48. The van der Waals surface area contributed by atoms with Crippen molar-refractivity contribution in [3.05, 3.63) is 27.3 Å². The Morgan fingerprint density at radius 2 is 2.29 bits per heavy atom. The lowest BCUT2D eigenvalue weighted by Crippen LogP contribution is -2.53. The lowest BCUT2D eigenvalue weighted by molar-refractivity contribution is -0.119. The van der Waals surface area contributed by atoms with Gasteiger partial charge < -0.3 is 10.4 Å². The Morgan fingerprint density at radius 1 is 1.59 bits per heavy atom. The molecule has 1 aliphatic rings. The fraction of sp³-hybridized carbons (Fsp3) is 0.417. The third-order valence-corrected chi connectivity index (χ3v) is 3.44. The second-order valence-electron chi connectivity index (χ2n) is 4.36. The summed E-state index contributed by atoms with van der Waals surface area (Å²) in [6.45, 7) is 3.52. The average molecular weight is 346 g/mol. The number of benzene rings is 1. The van der Waals surface area contributed by atoms with Gasteiger partial charge in [0, 0.05) is 22.3 Å². The molecule has 1 aromatic rings. The normalized spacial score (nSPS) is 16.6. The zero-order valence-electron chi connectivity index (χ0n) is 9.61. The molecule has 1 aromatic carbocycles. The number of anilines is 1. The molecule has 0 aliphatic carbocycles. The Bertz CT molecular complexity index is 431. The molecular weight excluding hydrogens is 331 g/mol. The zero-order valence-corrected chi connectivity index (χ0v) is 11.8. The monoisotopic (exact) mass is 346 g/mol. The third kappa shape index (κ3) is 3.40. The molecule has 4 nitrogen and oxygen atoms in total. The molecule has 0 radical (unpaired) electrons. The number of β-amino-alcohol motifs (C(OH)–C–C–N with tert-alkyl or cyclic N) is 1. The molecule has 92 valence electrons. The quantitative estimate of drug-likeness (QED) is 0.810. The van der Waals surface area contributed by atoms with Gasteiger partial charge in [-0.25, -0.2) is 0 Å². The summed E-state index contributed by atoms with van der Waals surface area (Å²) in [6, 6.07) is 5.92. The fourth-order valence-electron chi connectivity index (χ4n) is 1.83. The number of rotatable bonds is 3. The standard InChI is InChI=1S/C12H15IN2O2/c1-8-4-9(13)2-3-11(8)14-12(17)7-15-5-10(16)6-15/h2-4,10,16H,5-7H2,1H3,(H,14,17). The molecule has 1 amide bonds. The van der Waals surface area contributed by atoms with Crippen molar-refractivity contribution in [1.29, 1.82) is 0 Å². The minimum Gasteiger partial charge on any atom is -0.390 e. The van der Waals surface area contributed by atoms with E-state index in [2.05, 4.69) is 27.9 Å². The number of aliphatic hydroxyl groups excluding tert-OH is 1. The smallest absolute Gasteiger partial charge is 0.238 e. The number of amides is 1. The van der Waals surface area contributed by atoms with Crippen molar-refractivity contribution in [3.8, 4) is 0 Å². The molecule has 0 atom stereocenters. The van der Waals surface area contributed by atoms with Gasteiger partial charge in [-0.1, -0.05) is 0 Å². The molecule has 2 N–H and O–H groups in total. The number of likely N-dealkylation sites (tertiary alicyclic amines) is 1. The van der Waals surface area contributed by atoms with Gasteiger partial charge in [0.2, 0.25) is 5.91 Å². The molecule has 5 heteroatoms. The minimum atomic E-state index is -0.261. The number of nitrogens with one attached hydrogen (secondary N) is 1. The van der Waals surface area contributed by atoms with Crippen molar-refractivity contribution in [2.45, 2.75) is 13.0 Å². The maximum atomic E-state index is 11.7. The topological polar surface area (TPSA) is 52.6 Å². The van der Waals surface area contributed by atoms with Crippen LogP contribution in [0, 0.1) is 10.5 Å². The van der Waals surface area contributed by atoms with Gasteiger partial charge >= 0.3 is 0 Å². The van der Waals surface area contributed by atoms with Crippen LogP contribution in [-0.4, -0.2) is 41.7 Å². The van der Waals surface area contributed by atoms with Crippen molar-refractivity contribution < 1.29 is 9.90 Å². The van der Waals surface area contributed by atoms with E-state index < -0.39 is 0 Å². The Hall–Kier alpha value is -0.660. The second-order valence-corrected chi connectivity index (χ2v) is 5.60. The van der Waals surface area contributed by atoms with Crippen LogP contribution in [0.1, 0.15) is 5.56 Å². The van der Waals surface area contributed by atoms with Gasteiger partial charge in [-0.15, -0.1) is 0 Å². The van der Waals surface area contributed by atoms with Gasteiger partial charge in [0.05, 0.1) is 12.6 Å². The lowest BCUT2D eigenvalue weighted by Gasteiger charge is -2.35. The third-order valence-electron chi connectivity index (χ3n) is 2.77. The molecule has 1 heterocycles. The van der Waals surface area contributed by atoms with E-state index in [-0.39, 0.29) is 12.0 Å². The van der Waals surface area contributed by atoms with Crippen LogP contribution in [0.2, 0.25) is 0 Å². The molecule has 1 fully saturated rings. The lowest BCUT2D eigenvalue weighted by atomic mass is 10.1. The first-order chi connectivity index (χ1) is 8.04. The Balaban J connectivity index is 1.89. The van der Waals surface area contributed by atoms with Crippen molar-refractivity contribution in [2.75, 3.05) is 25.0 Å². The van der Waals surface area contributed by atoms with E-state index in [1.807, 2.05) is 30.0 Å². The first-order valence-corrected chi connectivity index (χ1v) is 6.59. The van der Waals surface area contributed by atoms with Crippen LogP contribution in [-0.2, 0) is 4.79 Å². The number of halogens is 1. The highest BCUT2D eigenvalue weighted by Gasteiger charge is 2.25.